The fraction of sp³-hybridized carbons (Fsp3) is 0.500. The molecule has 1 saturated carbocycles. The summed E-state index contributed by atoms with van der Waals surface area (Å²) in [5.41, 5.74) is 1.66. The topological polar surface area (TPSA) is 32.3 Å². The first kappa shape index (κ1) is 10.4. The molecule has 0 spiro atoms. The normalized spacial score (nSPS) is 25.5. The zero-order chi connectivity index (χ0) is 10.8. The SMILES string of the molecule is Cc1cc(F)cc(N[C@@H]2CCC[C@H]2O)c1. The van der Waals surface area contributed by atoms with Crippen LogP contribution in [-0.4, -0.2) is 17.3 Å². The van der Waals surface area contributed by atoms with Gasteiger partial charge in [0.1, 0.15) is 5.82 Å². The summed E-state index contributed by atoms with van der Waals surface area (Å²) >= 11 is 0. The predicted octanol–water partition coefficient (Wildman–Crippen LogP) is 2.46. The summed E-state index contributed by atoms with van der Waals surface area (Å²) in [5.74, 6) is -0.231. The van der Waals surface area contributed by atoms with Crippen LogP contribution in [0.3, 0.4) is 0 Å². The van der Waals surface area contributed by atoms with E-state index in [1.165, 1.54) is 12.1 Å². The van der Waals surface area contributed by atoms with Gasteiger partial charge in [-0.05, 0) is 49.9 Å². The van der Waals surface area contributed by atoms with Crippen molar-refractivity contribution in [1.82, 2.24) is 0 Å². The van der Waals surface area contributed by atoms with E-state index in [9.17, 15) is 9.50 Å². The van der Waals surface area contributed by atoms with Crippen molar-refractivity contribution in [2.45, 2.75) is 38.3 Å². The van der Waals surface area contributed by atoms with Crippen molar-refractivity contribution in [2.75, 3.05) is 5.32 Å². The third kappa shape index (κ3) is 2.48. The molecule has 1 aromatic carbocycles. The summed E-state index contributed by atoms with van der Waals surface area (Å²) in [4.78, 5) is 0. The predicted molar refractivity (Wildman–Crippen MR) is 58.4 cm³/mol. The lowest BCUT2D eigenvalue weighted by atomic mass is 10.1. The van der Waals surface area contributed by atoms with Crippen LogP contribution in [0.2, 0.25) is 0 Å². The number of nitrogens with one attached hydrogen (secondary N) is 1. The smallest absolute Gasteiger partial charge is 0.125 e. The lowest BCUT2D eigenvalue weighted by Crippen LogP contribution is -2.27. The molecule has 2 nitrogen and oxygen atoms in total. The molecule has 0 unspecified atom stereocenters. The van der Waals surface area contributed by atoms with Gasteiger partial charge in [0.15, 0.2) is 0 Å². The molecule has 1 aromatic rings. The molecule has 3 heteroatoms. The third-order valence-electron chi connectivity index (χ3n) is 2.87. The molecule has 0 aliphatic heterocycles. The van der Waals surface area contributed by atoms with Gasteiger partial charge in [0.25, 0.3) is 0 Å². The molecule has 2 atom stereocenters. The number of anilines is 1. The van der Waals surface area contributed by atoms with Crippen molar-refractivity contribution in [1.29, 1.82) is 0 Å². The van der Waals surface area contributed by atoms with E-state index in [0.717, 1.165) is 30.5 Å². The molecule has 0 heterocycles. The maximum absolute atomic E-state index is 13.1. The van der Waals surface area contributed by atoms with Crippen LogP contribution in [0, 0.1) is 12.7 Å². The minimum Gasteiger partial charge on any atom is -0.391 e. The highest BCUT2D eigenvalue weighted by Gasteiger charge is 2.24. The number of aliphatic hydroxyl groups is 1. The number of halogens is 1. The van der Waals surface area contributed by atoms with E-state index in [2.05, 4.69) is 5.32 Å². The zero-order valence-corrected chi connectivity index (χ0v) is 8.83. The van der Waals surface area contributed by atoms with Gasteiger partial charge in [-0.15, -0.1) is 0 Å². The average molecular weight is 209 g/mol. The Labute approximate surface area is 89.1 Å². The van der Waals surface area contributed by atoms with Crippen molar-refractivity contribution in [3.63, 3.8) is 0 Å². The van der Waals surface area contributed by atoms with Crippen molar-refractivity contribution in [3.8, 4) is 0 Å². The summed E-state index contributed by atoms with van der Waals surface area (Å²) < 4.78 is 13.1. The number of rotatable bonds is 2. The summed E-state index contributed by atoms with van der Waals surface area (Å²) in [5, 5.41) is 12.8. The second kappa shape index (κ2) is 4.19. The minimum atomic E-state index is -0.298. The number of aliphatic hydroxyl groups excluding tert-OH is 1. The highest BCUT2D eigenvalue weighted by atomic mass is 19.1. The molecule has 1 aliphatic rings. The van der Waals surface area contributed by atoms with Gasteiger partial charge in [0.05, 0.1) is 12.1 Å². The molecule has 0 amide bonds. The molecule has 82 valence electrons. The van der Waals surface area contributed by atoms with E-state index >= 15 is 0 Å². The molecule has 2 N–H and O–H groups in total. The Kier molecular flexibility index (Phi) is 2.91. The lowest BCUT2D eigenvalue weighted by molar-refractivity contribution is 0.172. The van der Waals surface area contributed by atoms with Crippen molar-refractivity contribution in [3.05, 3.63) is 29.6 Å². The van der Waals surface area contributed by atoms with Crippen LogP contribution in [0.5, 0.6) is 0 Å². The Balaban J connectivity index is 2.10. The van der Waals surface area contributed by atoms with Crippen molar-refractivity contribution in [2.24, 2.45) is 0 Å². The van der Waals surface area contributed by atoms with Crippen LogP contribution in [-0.2, 0) is 0 Å². The first-order chi connectivity index (χ1) is 7.15. The van der Waals surface area contributed by atoms with Gasteiger partial charge in [0.2, 0.25) is 0 Å². The molecule has 0 aromatic heterocycles. The quantitative estimate of drug-likeness (QED) is 0.784. The van der Waals surface area contributed by atoms with Gasteiger partial charge >= 0.3 is 0 Å². The Morgan fingerprint density at radius 1 is 1.33 bits per heavy atom. The van der Waals surface area contributed by atoms with Crippen LogP contribution in [0.25, 0.3) is 0 Å². The Morgan fingerprint density at radius 3 is 2.73 bits per heavy atom. The van der Waals surface area contributed by atoms with Gasteiger partial charge in [-0.2, -0.15) is 0 Å². The van der Waals surface area contributed by atoms with Gasteiger partial charge in [-0.1, -0.05) is 0 Å². The molecule has 1 aliphatic carbocycles. The highest BCUT2D eigenvalue weighted by Crippen LogP contribution is 2.23. The van der Waals surface area contributed by atoms with Crippen LogP contribution >= 0.6 is 0 Å². The molecule has 2 rings (SSSR count). The molecular weight excluding hydrogens is 193 g/mol. The fourth-order valence-corrected chi connectivity index (χ4v) is 2.14. The molecule has 15 heavy (non-hydrogen) atoms. The fourth-order valence-electron chi connectivity index (χ4n) is 2.14. The maximum atomic E-state index is 13.1. The van der Waals surface area contributed by atoms with Gasteiger partial charge in [-0.3, -0.25) is 0 Å². The summed E-state index contributed by atoms with van der Waals surface area (Å²) in [6.45, 7) is 1.86. The number of aryl methyl sites for hydroxylation is 1. The molecule has 0 saturated heterocycles. The summed E-state index contributed by atoms with van der Waals surface area (Å²) in [7, 11) is 0. The Hall–Kier alpha value is -1.09. The largest absolute Gasteiger partial charge is 0.391 e. The van der Waals surface area contributed by atoms with Gasteiger partial charge < -0.3 is 10.4 Å². The zero-order valence-electron chi connectivity index (χ0n) is 8.83. The van der Waals surface area contributed by atoms with E-state index in [1.807, 2.05) is 13.0 Å². The Morgan fingerprint density at radius 2 is 2.13 bits per heavy atom. The molecular formula is C12H16FNO. The van der Waals surface area contributed by atoms with E-state index in [1.54, 1.807) is 0 Å². The van der Waals surface area contributed by atoms with E-state index in [0.29, 0.717) is 0 Å². The van der Waals surface area contributed by atoms with Crippen LogP contribution < -0.4 is 5.32 Å². The van der Waals surface area contributed by atoms with Crippen molar-refractivity contribution >= 4 is 5.69 Å². The average Bonchev–Trinajstić information content (AvgIpc) is 2.50. The van der Waals surface area contributed by atoms with Gasteiger partial charge in [-0.25, -0.2) is 4.39 Å². The standard InChI is InChI=1S/C12H16FNO/c1-8-5-9(13)7-10(6-8)14-11-3-2-4-12(11)15/h5-7,11-12,14-15H,2-4H2,1H3/t11-,12-/m1/s1. The van der Waals surface area contributed by atoms with Crippen molar-refractivity contribution < 1.29 is 9.50 Å². The number of hydrogen-bond acceptors (Lipinski definition) is 2. The monoisotopic (exact) mass is 209 g/mol. The first-order valence-electron chi connectivity index (χ1n) is 5.37. The molecule has 0 radical (unpaired) electrons. The van der Waals surface area contributed by atoms with Gasteiger partial charge in [0, 0.05) is 5.69 Å². The van der Waals surface area contributed by atoms with Crippen LogP contribution in [0.1, 0.15) is 24.8 Å². The first-order valence-corrected chi connectivity index (χ1v) is 5.37. The molecule has 1 fully saturated rings. The number of hydrogen-bond donors (Lipinski definition) is 2. The highest BCUT2D eigenvalue weighted by molar-refractivity contribution is 5.47. The van der Waals surface area contributed by atoms with E-state index in [-0.39, 0.29) is 18.0 Å². The maximum Gasteiger partial charge on any atom is 0.125 e. The van der Waals surface area contributed by atoms with Crippen LogP contribution in [0.4, 0.5) is 10.1 Å². The molecule has 0 bridgehead atoms. The van der Waals surface area contributed by atoms with E-state index < -0.39 is 0 Å². The second-order valence-corrected chi connectivity index (χ2v) is 4.27. The second-order valence-electron chi connectivity index (χ2n) is 4.27. The summed E-state index contributed by atoms with van der Waals surface area (Å²) in [6.07, 6.45) is 2.53. The minimum absolute atomic E-state index is 0.0752. The van der Waals surface area contributed by atoms with E-state index in [4.69, 9.17) is 0 Å². The Bertz CT molecular complexity index is 333. The summed E-state index contributed by atoms with van der Waals surface area (Å²) in [6, 6.07) is 4.94. The third-order valence-corrected chi connectivity index (χ3v) is 2.87. The lowest BCUT2D eigenvalue weighted by Gasteiger charge is -2.18. The number of benzene rings is 1. The van der Waals surface area contributed by atoms with Crippen LogP contribution in [0.15, 0.2) is 18.2 Å².